The Kier molecular flexibility index (Phi) is 4.46. The molecule has 0 bridgehead atoms. The molecule has 2 aromatic rings. The number of benzene rings is 2. The summed E-state index contributed by atoms with van der Waals surface area (Å²) in [5, 5.41) is 2.75. The molecule has 0 saturated heterocycles. The van der Waals surface area contributed by atoms with Crippen LogP contribution in [0.15, 0.2) is 42.5 Å². The topological polar surface area (TPSA) is 47.6 Å². The lowest BCUT2D eigenvalue weighted by atomic mass is 10.1. The van der Waals surface area contributed by atoms with E-state index in [9.17, 15) is 13.6 Å². The second-order valence-corrected chi connectivity index (χ2v) is 5.34. The van der Waals surface area contributed by atoms with Gasteiger partial charge in [0.15, 0.2) is 11.5 Å². The van der Waals surface area contributed by atoms with Gasteiger partial charge in [-0.05, 0) is 48.9 Å². The van der Waals surface area contributed by atoms with Crippen LogP contribution in [0.25, 0.3) is 6.08 Å². The van der Waals surface area contributed by atoms with Crippen molar-refractivity contribution in [2.75, 3.05) is 6.79 Å². The zero-order chi connectivity index (χ0) is 17.1. The molecular weight excluding hydrogens is 316 g/mol. The fourth-order valence-electron chi connectivity index (χ4n) is 2.34. The first-order valence-electron chi connectivity index (χ1n) is 7.36. The number of hydrogen-bond acceptors (Lipinski definition) is 3. The highest BCUT2D eigenvalue weighted by Crippen LogP contribution is 2.34. The van der Waals surface area contributed by atoms with Gasteiger partial charge in [0.1, 0.15) is 11.6 Å². The Morgan fingerprint density at radius 1 is 1.17 bits per heavy atom. The van der Waals surface area contributed by atoms with E-state index in [4.69, 9.17) is 9.47 Å². The molecule has 1 aliphatic rings. The number of halogens is 2. The maximum Gasteiger partial charge on any atom is 0.244 e. The SMILES string of the molecule is CC(NC(=O)C=Cc1cc(F)ccc1F)c1ccc2c(c1)OCO2. The standard InChI is InChI=1S/C18H15F2NO3/c1-11(12-2-6-16-17(9-12)24-10-23-16)21-18(22)7-3-13-8-14(19)4-5-15(13)20/h2-9,11H,10H2,1H3,(H,21,22). The number of nitrogens with one attached hydrogen (secondary N) is 1. The Morgan fingerprint density at radius 3 is 2.79 bits per heavy atom. The molecule has 124 valence electrons. The van der Waals surface area contributed by atoms with Crippen LogP contribution in [-0.2, 0) is 4.79 Å². The van der Waals surface area contributed by atoms with Crippen molar-refractivity contribution in [1.82, 2.24) is 5.32 Å². The number of rotatable bonds is 4. The van der Waals surface area contributed by atoms with E-state index in [2.05, 4.69) is 5.32 Å². The van der Waals surface area contributed by atoms with Crippen molar-refractivity contribution >= 4 is 12.0 Å². The first-order chi connectivity index (χ1) is 11.5. The molecule has 0 spiro atoms. The summed E-state index contributed by atoms with van der Waals surface area (Å²) in [6, 6.07) is 8.18. The minimum absolute atomic E-state index is 0.0147. The van der Waals surface area contributed by atoms with Crippen LogP contribution in [0.1, 0.15) is 24.1 Å². The van der Waals surface area contributed by atoms with E-state index < -0.39 is 17.5 Å². The van der Waals surface area contributed by atoms with Gasteiger partial charge >= 0.3 is 0 Å². The van der Waals surface area contributed by atoms with Gasteiger partial charge in [-0.3, -0.25) is 4.79 Å². The van der Waals surface area contributed by atoms with Crippen molar-refractivity contribution in [1.29, 1.82) is 0 Å². The number of fused-ring (bicyclic) bond motifs is 1. The van der Waals surface area contributed by atoms with Crippen molar-refractivity contribution in [3.63, 3.8) is 0 Å². The highest BCUT2D eigenvalue weighted by Gasteiger charge is 2.16. The third kappa shape index (κ3) is 3.53. The highest BCUT2D eigenvalue weighted by molar-refractivity contribution is 5.92. The van der Waals surface area contributed by atoms with E-state index in [1.165, 1.54) is 12.2 Å². The van der Waals surface area contributed by atoms with Crippen molar-refractivity contribution in [3.8, 4) is 11.5 Å². The second-order valence-electron chi connectivity index (χ2n) is 5.34. The average Bonchev–Trinajstić information content (AvgIpc) is 3.03. The van der Waals surface area contributed by atoms with Crippen molar-refractivity contribution in [3.05, 3.63) is 65.2 Å². The molecule has 0 aromatic heterocycles. The summed E-state index contributed by atoms with van der Waals surface area (Å²) in [5.74, 6) is -0.275. The monoisotopic (exact) mass is 331 g/mol. The lowest BCUT2D eigenvalue weighted by Gasteiger charge is -2.13. The second kappa shape index (κ2) is 6.70. The van der Waals surface area contributed by atoms with Crippen LogP contribution in [0.2, 0.25) is 0 Å². The molecule has 0 saturated carbocycles. The van der Waals surface area contributed by atoms with Gasteiger partial charge in [-0.1, -0.05) is 6.07 Å². The van der Waals surface area contributed by atoms with Crippen LogP contribution in [0, 0.1) is 11.6 Å². The van der Waals surface area contributed by atoms with Crippen LogP contribution in [0.5, 0.6) is 11.5 Å². The van der Waals surface area contributed by atoms with Crippen LogP contribution in [-0.4, -0.2) is 12.7 Å². The quantitative estimate of drug-likeness (QED) is 0.871. The lowest BCUT2D eigenvalue weighted by Crippen LogP contribution is -2.24. The fraction of sp³-hybridized carbons (Fsp3) is 0.167. The number of carbonyl (C=O) groups is 1. The Bertz CT molecular complexity index is 805. The summed E-state index contributed by atoms with van der Waals surface area (Å²) >= 11 is 0. The largest absolute Gasteiger partial charge is 0.454 e. The molecule has 0 aliphatic carbocycles. The predicted octanol–water partition coefficient (Wildman–Crippen LogP) is 3.58. The molecule has 6 heteroatoms. The zero-order valence-corrected chi connectivity index (χ0v) is 12.9. The van der Waals surface area contributed by atoms with Crippen LogP contribution < -0.4 is 14.8 Å². The number of amides is 1. The Morgan fingerprint density at radius 2 is 1.96 bits per heavy atom. The molecule has 0 fully saturated rings. The zero-order valence-electron chi connectivity index (χ0n) is 12.9. The molecule has 3 rings (SSSR count). The molecule has 1 heterocycles. The molecule has 24 heavy (non-hydrogen) atoms. The molecule has 1 N–H and O–H groups in total. The molecule has 2 aromatic carbocycles. The van der Waals surface area contributed by atoms with Gasteiger partial charge in [0.25, 0.3) is 0 Å². The minimum atomic E-state index is -0.593. The molecule has 1 aliphatic heterocycles. The molecule has 4 nitrogen and oxygen atoms in total. The van der Waals surface area contributed by atoms with Gasteiger partial charge in [-0.25, -0.2) is 8.78 Å². The van der Waals surface area contributed by atoms with Gasteiger partial charge in [-0.2, -0.15) is 0 Å². The van der Waals surface area contributed by atoms with E-state index in [-0.39, 0.29) is 18.4 Å². The maximum atomic E-state index is 13.5. The Hall–Kier alpha value is -2.89. The van der Waals surface area contributed by atoms with Crippen molar-refractivity contribution < 1.29 is 23.0 Å². The van der Waals surface area contributed by atoms with Crippen LogP contribution in [0.4, 0.5) is 8.78 Å². The summed E-state index contributed by atoms with van der Waals surface area (Å²) in [5.41, 5.74) is 0.860. The van der Waals surface area contributed by atoms with Crippen LogP contribution >= 0.6 is 0 Å². The summed E-state index contributed by atoms with van der Waals surface area (Å²) in [6.45, 7) is 1.99. The number of carbonyl (C=O) groups excluding carboxylic acids is 1. The lowest BCUT2D eigenvalue weighted by molar-refractivity contribution is -0.117. The third-order valence-electron chi connectivity index (χ3n) is 3.63. The third-order valence-corrected chi connectivity index (χ3v) is 3.63. The molecule has 1 atom stereocenters. The molecular formula is C18H15F2NO3. The fourth-order valence-corrected chi connectivity index (χ4v) is 2.34. The maximum absolute atomic E-state index is 13.5. The van der Waals surface area contributed by atoms with Gasteiger partial charge in [0.05, 0.1) is 6.04 Å². The highest BCUT2D eigenvalue weighted by atomic mass is 19.1. The summed E-state index contributed by atoms with van der Waals surface area (Å²) < 4.78 is 37.1. The molecule has 1 amide bonds. The minimum Gasteiger partial charge on any atom is -0.454 e. The van der Waals surface area contributed by atoms with Crippen LogP contribution in [0.3, 0.4) is 0 Å². The Labute approximate surface area is 137 Å². The first kappa shape index (κ1) is 16.0. The van der Waals surface area contributed by atoms with E-state index in [1.807, 2.05) is 13.0 Å². The van der Waals surface area contributed by atoms with E-state index >= 15 is 0 Å². The predicted molar refractivity (Wildman–Crippen MR) is 84.5 cm³/mol. The average molecular weight is 331 g/mol. The molecule has 0 radical (unpaired) electrons. The van der Waals surface area contributed by atoms with Gasteiger partial charge < -0.3 is 14.8 Å². The number of hydrogen-bond donors (Lipinski definition) is 1. The van der Waals surface area contributed by atoms with Gasteiger partial charge in [-0.15, -0.1) is 0 Å². The smallest absolute Gasteiger partial charge is 0.244 e. The summed E-state index contributed by atoms with van der Waals surface area (Å²) in [7, 11) is 0. The van der Waals surface area contributed by atoms with Gasteiger partial charge in [0.2, 0.25) is 12.7 Å². The normalized spacial score (nSPS) is 14.0. The number of ether oxygens (including phenoxy) is 2. The van der Waals surface area contributed by atoms with Crippen molar-refractivity contribution in [2.24, 2.45) is 0 Å². The first-order valence-corrected chi connectivity index (χ1v) is 7.36. The van der Waals surface area contributed by atoms with Crippen molar-refractivity contribution in [2.45, 2.75) is 13.0 Å². The summed E-state index contributed by atoms with van der Waals surface area (Å²) in [4.78, 5) is 12.0. The molecule has 1 unspecified atom stereocenters. The van der Waals surface area contributed by atoms with Gasteiger partial charge in [0, 0.05) is 11.6 Å². The summed E-state index contributed by atoms with van der Waals surface area (Å²) in [6.07, 6.45) is 2.40. The van der Waals surface area contributed by atoms with E-state index in [0.717, 1.165) is 23.8 Å². The van der Waals surface area contributed by atoms with E-state index in [0.29, 0.717) is 11.5 Å². The van der Waals surface area contributed by atoms with E-state index in [1.54, 1.807) is 12.1 Å². The Balaban J connectivity index is 1.66.